The number of phosphoric acid groups is 1. The summed E-state index contributed by atoms with van der Waals surface area (Å²) in [6.45, 7) is 4.71. The van der Waals surface area contributed by atoms with Gasteiger partial charge in [-0.1, -0.05) is 237 Å². The second-order valence-electron chi connectivity index (χ2n) is 19.9. The lowest BCUT2D eigenvalue weighted by Gasteiger charge is -2.26. The number of quaternary nitrogens is 1. The van der Waals surface area contributed by atoms with Gasteiger partial charge in [0.1, 0.15) is 13.2 Å². The number of hydrogen-bond acceptors (Lipinski definition) is 5. The first-order chi connectivity index (χ1) is 35.5. The van der Waals surface area contributed by atoms with E-state index < -0.39 is 20.0 Å². The summed E-state index contributed by atoms with van der Waals surface area (Å²) in [5.74, 6) is -0.194. The summed E-state index contributed by atoms with van der Waals surface area (Å²) in [5.41, 5.74) is 0. The fourth-order valence-corrected chi connectivity index (χ4v) is 8.11. The minimum atomic E-state index is -4.34. The smallest absolute Gasteiger partial charge is 0.391 e. The quantitative estimate of drug-likeness (QED) is 0.0243. The van der Waals surface area contributed by atoms with E-state index in [9.17, 15) is 19.4 Å². The molecule has 0 saturated carbocycles. The highest BCUT2D eigenvalue weighted by Gasteiger charge is 2.28. The second kappa shape index (κ2) is 53.2. The Balaban J connectivity index is 4.22. The molecule has 0 aliphatic carbocycles. The molecule has 0 rings (SSSR count). The Morgan fingerprint density at radius 2 is 0.822 bits per heavy atom. The van der Waals surface area contributed by atoms with Crippen LogP contribution in [0.1, 0.15) is 200 Å². The van der Waals surface area contributed by atoms with Crippen molar-refractivity contribution in [2.24, 2.45) is 0 Å². The lowest BCUT2D eigenvalue weighted by molar-refractivity contribution is -0.870. The van der Waals surface area contributed by atoms with Gasteiger partial charge >= 0.3 is 7.82 Å². The molecule has 0 radical (unpaired) electrons. The molecule has 0 aromatic heterocycles. The topological polar surface area (TPSA) is 105 Å². The standard InChI is InChI=1S/C64H107N2O6P/c1-6-8-10-12-14-16-18-20-21-22-23-24-25-26-27-28-29-30-31-32-33-34-35-36-37-38-39-40-41-42-43-44-45-46-48-50-52-54-56-58-64(68)65-62(61-72-73(69,70)71-60-59-66(3,4)5)63(67)57-55-53-51-49-47-19-17-15-13-11-9-7-2/h8,10,14,16,20-21,23-24,26-27,29-30,32-33,35-36,38-39,41-42,44-45,48,50,62-63,67H,6-7,9,11-13,15,17-19,22,25,28,31,34,37,40,43,46-47,49,51-61H2,1-5H3,(H-,65,68,69,70)/p+1/b10-8-,16-14-,21-20-,24-23-,27-26-,30-29-,33-32-,36-35-,39-38-,42-41-,45-44-,50-48-. The van der Waals surface area contributed by atoms with E-state index in [0.29, 0.717) is 30.3 Å². The maximum atomic E-state index is 12.9. The number of carbonyl (C=O) groups excluding carboxylic acids is 1. The predicted octanol–water partition coefficient (Wildman–Crippen LogP) is 17.7. The number of unbranched alkanes of at least 4 members (excludes halogenated alkanes) is 13. The molecule has 1 amide bonds. The molecular formula is C64H108N2O6P+. The highest BCUT2D eigenvalue weighted by molar-refractivity contribution is 7.47. The number of likely N-dealkylation sites (N-methyl/N-ethyl adjacent to an activating group) is 1. The SMILES string of the molecule is CC/C=C\C/C=C\C/C=C\C/C=C\C/C=C\C/C=C\C/C=C\C/C=C\C/C=C\C/C=C\C/C=C\C/C=C\CCCCC(=O)NC(COP(=O)(O)OCC[N+](C)(C)C)C(O)CCCCCCCCCCCCCC. The third-order valence-corrected chi connectivity index (χ3v) is 12.8. The summed E-state index contributed by atoms with van der Waals surface area (Å²) < 4.78 is 23.7. The van der Waals surface area contributed by atoms with Crippen molar-refractivity contribution in [3.63, 3.8) is 0 Å². The van der Waals surface area contributed by atoms with Crippen molar-refractivity contribution in [3.05, 3.63) is 146 Å². The molecule has 73 heavy (non-hydrogen) atoms. The Kier molecular flexibility index (Phi) is 50.6. The van der Waals surface area contributed by atoms with Crippen molar-refractivity contribution in [2.75, 3.05) is 40.9 Å². The number of rotatable bonds is 50. The number of amides is 1. The minimum absolute atomic E-state index is 0.0581. The third kappa shape index (κ3) is 56.0. The molecule has 0 aliphatic heterocycles. The maximum absolute atomic E-state index is 12.9. The van der Waals surface area contributed by atoms with Gasteiger partial charge in [-0.05, 0) is 103 Å². The van der Waals surface area contributed by atoms with E-state index in [1.165, 1.54) is 57.8 Å². The number of hydrogen-bond donors (Lipinski definition) is 3. The van der Waals surface area contributed by atoms with Crippen LogP contribution in [0.15, 0.2) is 146 Å². The Hall–Kier alpha value is -3.62. The van der Waals surface area contributed by atoms with Crippen LogP contribution in [0.4, 0.5) is 0 Å². The van der Waals surface area contributed by atoms with Crippen LogP contribution in [0.3, 0.4) is 0 Å². The molecule has 0 saturated heterocycles. The monoisotopic (exact) mass is 1030 g/mol. The van der Waals surface area contributed by atoms with E-state index in [0.717, 1.165) is 109 Å². The molecule has 414 valence electrons. The summed E-state index contributed by atoms with van der Waals surface area (Å²) in [6.07, 6.45) is 82.0. The zero-order chi connectivity index (χ0) is 53.5. The zero-order valence-corrected chi connectivity index (χ0v) is 48.0. The van der Waals surface area contributed by atoms with E-state index in [1.54, 1.807) is 0 Å². The lowest BCUT2D eigenvalue weighted by atomic mass is 10.0. The average Bonchev–Trinajstić information content (AvgIpc) is 3.35. The molecule has 8 nitrogen and oxygen atoms in total. The first kappa shape index (κ1) is 69.4. The summed E-state index contributed by atoms with van der Waals surface area (Å²) in [4.78, 5) is 23.2. The van der Waals surface area contributed by atoms with Crippen LogP contribution in [-0.2, 0) is 18.4 Å². The average molecular weight is 1030 g/mol. The number of allylic oxidation sites excluding steroid dienone is 24. The molecule has 0 spiro atoms. The van der Waals surface area contributed by atoms with Crippen LogP contribution in [0.5, 0.6) is 0 Å². The highest BCUT2D eigenvalue weighted by Crippen LogP contribution is 2.43. The van der Waals surface area contributed by atoms with Crippen molar-refractivity contribution in [3.8, 4) is 0 Å². The summed E-state index contributed by atoms with van der Waals surface area (Å²) >= 11 is 0. The van der Waals surface area contributed by atoms with Gasteiger partial charge in [-0.15, -0.1) is 0 Å². The van der Waals surface area contributed by atoms with E-state index in [4.69, 9.17) is 9.05 Å². The number of nitrogens with one attached hydrogen (secondary N) is 1. The van der Waals surface area contributed by atoms with Gasteiger partial charge in [-0.2, -0.15) is 0 Å². The molecule has 0 fully saturated rings. The number of nitrogens with zero attached hydrogens (tertiary/aromatic N) is 1. The van der Waals surface area contributed by atoms with Crippen molar-refractivity contribution in [1.82, 2.24) is 5.32 Å². The van der Waals surface area contributed by atoms with Crippen LogP contribution < -0.4 is 5.32 Å². The molecular weight excluding hydrogens is 924 g/mol. The van der Waals surface area contributed by atoms with Gasteiger partial charge in [0.15, 0.2) is 0 Å². The fraction of sp³-hybridized carbons (Fsp3) is 0.609. The lowest BCUT2D eigenvalue weighted by Crippen LogP contribution is -2.46. The second-order valence-corrected chi connectivity index (χ2v) is 21.4. The normalized spacial score (nSPS) is 15.0. The largest absolute Gasteiger partial charge is 0.472 e. The maximum Gasteiger partial charge on any atom is 0.472 e. The summed E-state index contributed by atoms with van der Waals surface area (Å²) in [5, 5.41) is 14.0. The fourth-order valence-electron chi connectivity index (χ4n) is 7.38. The first-order valence-electron chi connectivity index (χ1n) is 28.7. The number of aliphatic hydroxyl groups excluding tert-OH is 1. The predicted molar refractivity (Wildman–Crippen MR) is 317 cm³/mol. The van der Waals surface area contributed by atoms with Gasteiger partial charge in [0, 0.05) is 6.42 Å². The molecule has 0 bridgehead atoms. The molecule has 0 aromatic rings. The Bertz CT molecular complexity index is 1690. The van der Waals surface area contributed by atoms with Crippen LogP contribution in [-0.4, -0.2) is 73.4 Å². The third-order valence-electron chi connectivity index (χ3n) is 11.9. The Labute approximate surface area is 449 Å². The van der Waals surface area contributed by atoms with Crippen molar-refractivity contribution in [1.29, 1.82) is 0 Å². The molecule has 3 N–H and O–H groups in total. The molecule has 3 unspecified atom stereocenters. The molecule has 0 aliphatic rings. The summed E-state index contributed by atoms with van der Waals surface area (Å²) in [6, 6.07) is -0.794. The first-order valence-corrected chi connectivity index (χ1v) is 30.2. The Morgan fingerprint density at radius 3 is 1.18 bits per heavy atom. The van der Waals surface area contributed by atoms with E-state index in [-0.39, 0.29) is 19.1 Å². The summed E-state index contributed by atoms with van der Waals surface area (Å²) in [7, 11) is 1.56. The molecule has 3 atom stereocenters. The van der Waals surface area contributed by atoms with Crippen molar-refractivity contribution in [2.45, 2.75) is 212 Å². The van der Waals surface area contributed by atoms with Gasteiger partial charge < -0.3 is 19.8 Å². The van der Waals surface area contributed by atoms with Gasteiger partial charge in [-0.3, -0.25) is 13.8 Å². The van der Waals surface area contributed by atoms with E-state index in [2.05, 4.69) is 165 Å². The number of phosphoric ester groups is 1. The van der Waals surface area contributed by atoms with Gasteiger partial charge in [0.05, 0.1) is 39.9 Å². The molecule has 0 aromatic carbocycles. The molecule has 9 heteroatoms. The zero-order valence-electron chi connectivity index (χ0n) is 47.1. The minimum Gasteiger partial charge on any atom is -0.391 e. The van der Waals surface area contributed by atoms with Crippen LogP contribution >= 0.6 is 7.82 Å². The molecule has 0 heterocycles. The van der Waals surface area contributed by atoms with Gasteiger partial charge in [0.25, 0.3) is 0 Å². The van der Waals surface area contributed by atoms with Gasteiger partial charge in [-0.25, -0.2) is 4.57 Å². The Morgan fingerprint density at radius 1 is 0.479 bits per heavy atom. The van der Waals surface area contributed by atoms with Crippen molar-refractivity contribution >= 4 is 13.7 Å². The number of carbonyl (C=O) groups is 1. The van der Waals surface area contributed by atoms with Crippen LogP contribution in [0.25, 0.3) is 0 Å². The number of aliphatic hydroxyl groups is 1. The van der Waals surface area contributed by atoms with Crippen molar-refractivity contribution < 1.29 is 32.9 Å². The highest BCUT2D eigenvalue weighted by atomic mass is 31.2. The van der Waals surface area contributed by atoms with E-state index >= 15 is 0 Å². The van der Waals surface area contributed by atoms with Crippen LogP contribution in [0, 0.1) is 0 Å². The van der Waals surface area contributed by atoms with Crippen LogP contribution in [0.2, 0.25) is 0 Å². The van der Waals surface area contributed by atoms with Gasteiger partial charge in [0.2, 0.25) is 5.91 Å². The van der Waals surface area contributed by atoms with E-state index in [1.807, 2.05) is 21.1 Å².